The van der Waals surface area contributed by atoms with Crippen LogP contribution < -0.4 is 5.32 Å². The highest BCUT2D eigenvalue weighted by molar-refractivity contribution is 5.35. The number of rotatable bonds is 2. The van der Waals surface area contributed by atoms with Gasteiger partial charge in [0.05, 0.1) is 6.04 Å². The Balaban J connectivity index is 2.59. The minimum atomic E-state index is 0.0323. The molecule has 0 bridgehead atoms. The first-order valence-corrected chi connectivity index (χ1v) is 3.44. The number of terminal acetylenes is 1. The van der Waals surface area contributed by atoms with Gasteiger partial charge < -0.3 is 5.32 Å². The fraction of sp³-hybridized carbons (Fsp3) is 0.375. The number of nitrogens with zero attached hydrogens (tertiary/aromatic N) is 2. The Morgan fingerprint density at radius 2 is 2.55 bits per heavy atom. The van der Waals surface area contributed by atoms with Gasteiger partial charge in [0, 0.05) is 19.3 Å². The van der Waals surface area contributed by atoms with Gasteiger partial charge in [0.25, 0.3) is 0 Å². The van der Waals surface area contributed by atoms with Crippen LogP contribution in [0.2, 0.25) is 0 Å². The van der Waals surface area contributed by atoms with Crippen molar-refractivity contribution in [2.24, 2.45) is 7.05 Å². The Hall–Kier alpha value is -1.43. The zero-order valence-electron chi connectivity index (χ0n) is 6.70. The predicted molar refractivity (Wildman–Crippen MR) is 45.1 cm³/mol. The highest BCUT2D eigenvalue weighted by Crippen LogP contribution is 2.01. The summed E-state index contributed by atoms with van der Waals surface area (Å²) in [6.07, 6.45) is 7.05. The van der Waals surface area contributed by atoms with Crippen molar-refractivity contribution >= 4 is 5.82 Å². The number of anilines is 1. The summed E-state index contributed by atoms with van der Waals surface area (Å²) in [7, 11) is 1.87. The lowest BCUT2D eigenvalue weighted by Crippen LogP contribution is -2.12. The van der Waals surface area contributed by atoms with Crippen LogP contribution in [0.15, 0.2) is 12.3 Å². The Kier molecular flexibility index (Phi) is 2.17. The number of hydrogen-bond acceptors (Lipinski definition) is 2. The topological polar surface area (TPSA) is 29.9 Å². The first-order chi connectivity index (χ1) is 5.22. The predicted octanol–water partition coefficient (Wildman–Crippen LogP) is 0.854. The number of aryl methyl sites for hydroxylation is 1. The molecule has 0 radical (unpaired) electrons. The van der Waals surface area contributed by atoms with E-state index in [1.807, 2.05) is 26.2 Å². The second-order valence-electron chi connectivity index (χ2n) is 2.41. The van der Waals surface area contributed by atoms with Crippen LogP contribution in [0.4, 0.5) is 5.82 Å². The number of nitrogens with one attached hydrogen (secondary N) is 1. The van der Waals surface area contributed by atoms with E-state index in [-0.39, 0.29) is 6.04 Å². The minimum Gasteiger partial charge on any atom is -0.355 e. The zero-order valence-corrected chi connectivity index (χ0v) is 6.70. The standard InChI is InChI=1S/C8H11N3/c1-4-7(2)9-8-5-6-11(3)10-8/h1,5-7H,2-3H3,(H,9,10). The normalized spacial score (nSPS) is 12.1. The van der Waals surface area contributed by atoms with Crippen molar-refractivity contribution in [1.29, 1.82) is 0 Å². The second kappa shape index (κ2) is 3.11. The first kappa shape index (κ1) is 7.67. The third kappa shape index (κ3) is 2.01. The monoisotopic (exact) mass is 149 g/mol. The Bertz CT molecular complexity index is 269. The molecule has 0 aromatic carbocycles. The van der Waals surface area contributed by atoms with Crippen LogP contribution >= 0.6 is 0 Å². The molecule has 3 heteroatoms. The van der Waals surface area contributed by atoms with E-state index in [0.29, 0.717) is 0 Å². The fourth-order valence-electron chi connectivity index (χ4n) is 0.756. The van der Waals surface area contributed by atoms with E-state index in [2.05, 4.69) is 16.3 Å². The largest absolute Gasteiger partial charge is 0.355 e. The van der Waals surface area contributed by atoms with Gasteiger partial charge in [-0.25, -0.2) is 0 Å². The highest BCUT2D eigenvalue weighted by Gasteiger charge is 1.98. The molecule has 0 spiro atoms. The SMILES string of the molecule is C#CC(C)Nc1ccn(C)n1. The van der Waals surface area contributed by atoms with Crippen LogP contribution in [0.3, 0.4) is 0 Å². The van der Waals surface area contributed by atoms with Crippen LogP contribution in [0.1, 0.15) is 6.92 Å². The molecule has 3 nitrogen and oxygen atoms in total. The molecule has 0 aliphatic rings. The summed E-state index contributed by atoms with van der Waals surface area (Å²) < 4.78 is 1.73. The molecule has 1 atom stereocenters. The molecule has 0 fully saturated rings. The van der Waals surface area contributed by atoms with Gasteiger partial charge in [0.15, 0.2) is 0 Å². The smallest absolute Gasteiger partial charge is 0.148 e. The third-order valence-electron chi connectivity index (χ3n) is 1.33. The van der Waals surface area contributed by atoms with Crippen molar-refractivity contribution in [3.63, 3.8) is 0 Å². The molecule has 0 saturated carbocycles. The molecule has 11 heavy (non-hydrogen) atoms. The lowest BCUT2D eigenvalue weighted by atomic mass is 10.3. The van der Waals surface area contributed by atoms with Crippen LogP contribution in [0.25, 0.3) is 0 Å². The Morgan fingerprint density at radius 3 is 3.00 bits per heavy atom. The Labute approximate surface area is 66.4 Å². The van der Waals surface area contributed by atoms with Gasteiger partial charge in [0.2, 0.25) is 0 Å². The van der Waals surface area contributed by atoms with E-state index >= 15 is 0 Å². The summed E-state index contributed by atoms with van der Waals surface area (Å²) in [6, 6.07) is 1.92. The van der Waals surface area contributed by atoms with Crippen LogP contribution in [0, 0.1) is 12.3 Å². The summed E-state index contributed by atoms with van der Waals surface area (Å²) >= 11 is 0. The molecular formula is C8H11N3. The van der Waals surface area contributed by atoms with Gasteiger partial charge in [-0.1, -0.05) is 5.92 Å². The fourth-order valence-corrected chi connectivity index (χ4v) is 0.756. The molecule has 1 heterocycles. The van der Waals surface area contributed by atoms with Crippen molar-refractivity contribution in [3.8, 4) is 12.3 Å². The van der Waals surface area contributed by atoms with Crippen LogP contribution in [-0.4, -0.2) is 15.8 Å². The van der Waals surface area contributed by atoms with E-state index < -0.39 is 0 Å². The molecular weight excluding hydrogens is 138 g/mol. The lowest BCUT2D eigenvalue weighted by molar-refractivity contribution is 0.766. The van der Waals surface area contributed by atoms with E-state index in [1.54, 1.807) is 4.68 Å². The van der Waals surface area contributed by atoms with E-state index in [4.69, 9.17) is 6.42 Å². The molecule has 1 rings (SSSR count). The van der Waals surface area contributed by atoms with Gasteiger partial charge in [-0.05, 0) is 6.92 Å². The van der Waals surface area contributed by atoms with Crippen LogP contribution in [-0.2, 0) is 7.05 Å². The number of aromatic nitrogens is 2. The van der Waals surface area contributed by atoms with Gasteiger partial charge in [0.1, 0.15) is 5.82 Å². The highest BCUT2D eigenvalue weighted by atomic mass is 15.3. The van der Waals surface area contributed by atoms with Gasteiger partial charge in [-0.15, -0.1) is 6.42 Å². The molecule has 0 aliphatic carbocycles. The van der Waals surface area contributed by atoms with Crippen molar-refractivity contribution in [1.82, 2.24) is 9.78 Å². The summed E-state index contributed by atoms with van der Waals surface area (Å²) in [4.78, 5) is 0. The average Bonchev–Trinajstić information content (AvgIpc) is 2.35. The lowest BCUT2D eigenvalue weighted by Gasteiger charge is -2.03. The molecule has 0 amide bonds. The maximum absolute atomic E-state index is 5.18. The zero-order chi connectivity index (χ0) is 8.27. The second-order valence-corrected chi connectivity index (χ2v) is 2.41. The van der Waals surface area contributed by atoms with Crippen molar-refractivity contribution in [3.05, 3.63) is 12.3 Å². The Morgan fingerprint density at radius 1 is 1.82 bits per heavy atom. The summed E-state index contributed by atoms with van der Waals surface area (Å²) in [5, 5.41) is 7.15. The minimum absolute atomic E-state index is 0.0323. The van der Waals surface area contributed by atoms with Gasteiger partial charge in [-0.2, -0.15) is 5.10 Å². The maximum Gasteiger partial charge on any atom is 0.148 e. The summed E-state index contributed by atoms with van der Waals surface area (Å²) in [6.45, 7) is 1.91. The molecule has 58 valence electrons. The van der Waals surface area contributed by atoms with E-state index in [9.17, 15) is 0 Å². The molecule has 1 aromatic rings. The van der Waals surface area contributed by atoms with E-state index in [0.717, 1.165) is 5.82 Å². The average molecular weight is 149 g/mol. The third-order valence-corrected chi connectivity index (χ3v) is 1.33. The summed E-state index contributed by atoms with van der Waals surface area (Å²) in [5.41, 5.74) is 0. The van der Waals surface area contributed by atoms with Gasteiger partial charge in [-0.3, -0.25) is 4.68 Å². The van der Waals surface area contributed by atoms with Crippen LogP contribution in [0.5, 0.6) is 0 Å². The van der Waals surface area contributed by atoms with Crippen molar-refractivity contribution in [2.45, 2.75) is 13.0 Å². The number of hydrogen-bond donors (Lipinski definition) is 1. The molecule has 1 unspecified atom stereocenters. The molecule has 0 saturated heterocycles. The summed E-state index contributed by atoms with van der Waals surface area (Å²) in [5.74, 6) is 3.38. The van der Waals surface area contributed by atoms with Crippen molar-refractivity contribution < 1.29 is 0 Å². The van der Waals surface area contributed by atoms with Gasteiger partial charge >= 0.3 is 0 Å². The maximum atomic E-state index is 5.18. The molecule has 1 N–H and O–H groups in total. The van der Waals surface area contributed by atoms with Crippen molar-refractivity contribution in [2.75, 3.05) is 5.32 Å². The first-order valence-electron chi connectivity index (χ1n) is 3.44. The molecule has 0 aliphatic heterocycles. The molecule has 1 aromatic heterocycles. The quantitative estimate of drug-likeness (QED) is 0.632. The van der Waals surface area contributed by atoms with E-state index in [1.165, 1.54) is 0 Å².